The average molecular weight is 291 g/mol. The fraction of sp³-hybridized carbons (Fsp3) is 0.0625. The molecule has 0 atom stereocenters. The van der Waals surface area contributed by atoms with E-state index in [1.54, 1.807) is 25.7 Å². The van der Waals surface area contributed by atoms with Gasteiger partial charge in [0.05, 0.1) is 24.5 Å². The van der Waals surface area contributed by atoms with Crippen molar-refractivity contribution in [2.24, 2.45) is 0 Å². The Morgan fingerprint density at radius 1 is 1.05 bits per heavy atom. The zero-order valence-corrected chi connectivity index (χ0v) is 11.9. The minimum Gasteiger partial charge on any atom is -0.494 e. The van der Waals surface area contributed by atoms with Crippen molar-refractivity contribution in [2.45, 2.75) is 0 Å². The highest BCUT2D eigenvalue weighted by Gasteiger charge is 2.11. The molecule has 22 heavy (non-hydrogen) atoms. The van der Waals surface area contributed by atoms with Crippen molar-refractivity contribution < 1.29 is 4.74 Å². The van der Waals surface area contributed by atoms with Crippen LogP contribution < -0.4 is 4.74 Å². The van der Waals surface area contributed by atoms with Gasteiger partial charge in [0.2, 0.25) is 5.95 Å². The number of rotatable bonds is 3. The summed E-state index contributed by atoms with van der Waals surface area (Å²) in [5, 5.41) is 0.988. The zero-order chi connectivity index (χ0) is 14.9. The Bertz CT molecular complexity index is 910. The molecule has 4 heterocycles. The molecular formula is C16H13N5O. The quantitative estimate of drug-likeness (QED) is 0.630. The molecule has 0 spiro atoms. The monoisotopic (exact) mass is 291 g/mol. The molecule has 0 aromatic carbocycles. The lowest BCUT2D eigenvalue weighted by molar-refractivity contribution is 0.418. The van der Waals surface area contributed by atoms with Crippen LogP contribution in [0.4, 0.5) is 0 Å². The second-order valence-electron chi connectivity index (χ2n) is 4.80. The molecule has 6 heteroatoms. The van der Waals surface area contributed by atoms with Crippen molar-refractivity contribution in [2.75, 3.05) is 7.11 Å². The molecule has 108 valence electrons. The van der Waals surface area contributed by atoms with Gasteiger partial charge in [0, 0.05) is 41.9 Å². The van der Waals surface area contributed by atoms with Crippen LogP contribution in [0.2, 0.25) is 0 Å². The number of ether oxygens (including phenoxy) is 1. The molecule has 0 aliphatic carbocycles. The van der Waals surface area contributed by atoms with Crippen LogP contribution >= 0.6 is 0 Å². The molecule has 4 aromatic heterocycles. The summed E-state index contributed by atoms with van der Waals surface area (Å²) in [5.74, 6) is 1.37. The van der Waals surface area contributed by atoms with E-state index in [4.69, 9.17) is 4.74 Å². The molecule has 0 amide bonds. The number of hydrogen-bond acceptors (Lipinski definition) is 4. The molecule has 4 aromatic rings. The zero-order valence-electron chi connectivity index (χ0n) is 11.9. The largest absolute Gasteiger partial charge is 0.494 e. The number of methoxy groups -OCH3 is 1. The maximum atomic E-state index is 5.33. The Kier molecular flexibility index (Phi) is 2.86. The molecule has 0 saturated carbocycles. The summed E-state index contributed by atoms with van der Waals surface area (Å²) in [6.07, 6.45) is 10.9. The van der Waals surface area contributed by atoms with Gasteiger partial charge in [0.15, 0.2) is 0 Å². The normalized spacial score (nSPS) is 11.0. The Labute approximate surface area is 126 Å². The molecule has 0 bridgehead atoms. The van der Waals surface area contributed by atoms with E-state index in [2.05, 4.69) is 19.9 Å². The van der Waals surface area contributed by atoms with Crippen LogP contribution in [0.1, 0.15) is 0 Å². The van der Waals surface area contributed by atoms with Gasteiger partial charge in [0.1, 0.15) is 5.75 Å². The lowest BCUT2D eigenvalue weighted by Crippen LogP contribution is -1.98. The SMILES string of the molecule is COc1cnc(-c2cnc(-n3cccc3)nc2)c2[nH]ccc12. The molecule has 4 rings (SSSR count). The summed E-state index contributed by atoms with van der Waals surface area (Å²) in [5.41, 5.74) is 2.57. The van der Waals surface area contributed by atoms with E-state index >= 15 is 0 Å². The second kappa shape index (κ2) is 5.00. The van der Waals surface area contributed by atoms with E-state index in [1.807, 2.05) is 41.4 Å². The van der Waals surface area contributed by atoms with Crippen LogP contribution in [0.25, 0.3) is 28.1 Å². The van der Waals surface area contributed by atoms with Crippen molar-refractivity contribution >= 4 is 10.9 Å². The fourth-order valence-corrected chi connectivity index (χ4v) is 2.45. The van der Waals surface area contributed by atoms with E-state index in [9.17, 15) is 0 Å². The summed E-state index contributed by atoms with van der Waals surface area (Å²) < 4.78 is 7.18. The molecule has 6 nitrogen and oxygen atoms in total. The van der Waals surface area contributed by atoms with E-state index < -0.39 is 0 Å². The van der Waals surface area contributed by atoms with Crippen molar-refractivity contribution in [3.05, 3.63) is 55.4 Å². The lowest BCUT2D eigenvalue weighted by atomic mass is 10.1. The lowest BCUT2D eigenvalue weighted by Gasteiger charge is -2.07. The Morgan fingerprint density at radius 3 is 2.55 bits per heavy atom. The topological polar surface area (TPSA) is 68.6 Å². The predicted molar refractivity (Wildman–Crippen MR) is 83.0 cm³/mol. The van der Waals surface area contributed by atoms with Crippen LogP contribution in [0.5, 0.6) is 5.75 Å². The third-order valence-corrected chi connectivity index (χ3v) is 3.53. The average Bonchev–Trinajstić information content (AvgIpc) is 3.25. The third kappa shape index (κ3) is 1.93. The number of hydrogen-bond donors (Lipinski definition) is 1. The highest BCUT2D eigenvalue weighted by molar-refractivity contribution is 5.95. The summed E-state index contributed by atoms with van der Waals surface area (Å²) >= 11 is 0. The second-order valence-corrected chi connectivity index (χ2v) is 4.80. The fourth-order valence-electron chi connectivity index (χ4n) is 2.45. The van der Waals surface area contributed by atoms with Crippen molar-refractivity contribution in [1.82, 2.24) is 24.5 Å². The van der Waals surface area contributed by atoms with Crippen LogP contribution in [0, 0.1) is 0 Å². The van der Waals surface area contributed by atoms with Gasteiger partial charge in [-0.15, -0.1) is 0 Å². The molecule has 0 fully saturated rings. The van der Waals surface area contributed by atoms with Gasteiger partial charge in [-0.05, 0) is 18.2 Å². The number of aromatic nitrogens is 5. The molecule has 1 N–H and O–H groups in total. The number of nitrogens with zero attached hydrogens (tertiary/aromatic N) is 4. The molecule has 0 saturated heterocycles. The summed E-state index contributed by atoms with van der Waals surface area (Å²) in [4.78, 5) is 16.5. The summed E-state index contributed by atoms with van der Waals surface area (Å²) in [7, 11) is 1.64. The van der Waals surface area contributed by atoms with Crippen LogP contribution in [-0.4, -0.2) is 31.6 Å². The van der Waals surface area contributed by atoms with Gasteiger partial charge in [-0.25, -0.2) is 9.97 Å². The van der Waals surface area contributed by atoms with Gasteiger partial charge in [-0.3, -0.25) is 9.55 Å². The van der Waals surface area contributed by atoms with E-state index in [0.717, 1.165) is 27.9 Å². The van der Waals surface area contributed by atoms with Crippen molar-refractivity contribution in [3.8, 4) is 23.0 Å². The van der Waals surface area contributed by atoms with Crippen LogP contribution in [0.3, 0.4) is 0 Å². The van der Waals surface area contributed by atoms with E-state index in [0.29, 0.717) is 5.95 Å². The first-order valence-electron chi connectivity index (χ1n) is 6.82. The first-order valence-corrected chi connectivity index (χ1v) is 6.82. The summed E-state index contributed by atoms with van der Waals surface area (Å²) in [6.45, 7) is 0. The highest BCUT2D eigenvalue weighted by atomic mass is 16.5. The Balaban J connectivity index is 1.81. The third-order valence-electron chi connectivity index (χ3n) is 3.53. The first kappa shape index (κ1) is 12.6. The minimum absolute atomic E-state index is 0.630. The molecule has 0 aliphatic rings. The summed E-state index contributed by atoms with van der Waals surface area (Å²) in [6, 6.07) is 5.84. The highest BCUT2D eigenvalue weighted by Crippen LogP contribution is 2.30. The molecule has 0 unspecified atom stereocenters. The number of pyridine rings is 1. The van der Waals surface area contributed by atoms with Gasteiger partial charge in [-0.2, -0.15) is 0 Å². The van der Waals surface area contributed by atoms with Crippen molar-refractivity contribution in [1.29, 1.82) is 0 Å². The van der Waals surface area contributed by atoms with Gasteiger partial charge < -0.3 is 9.72 Å². The Morgan fingerprint density at radius 2 is 1.82 bits per heavy atom. The van der Waals surface area contributed by atoms with Crippen LogP contribution in [-0.2, 0) is 0 Å². The van der Waals surface area contributed by atoms with Gasteiger partial charge in [-0.1, -0.05) is 0 Å². The maximum absolute atomic E-state index is 5.33. The number of nitrogens with one attached hydrogen (secondary N) is 1. The molecule has 0 radical (unpaired) electrons. The van der Waals surface area contributed by atoms with E-state index in [1.165, 1.54) is 0 Å². The number of fused-ring (bicyclic) bond motifs is 1. The van der Waals surface area contributed by atoms with Gasteiger partial charge >= 0.3 is 0 Å². The number of aromatic amines is 1. The van der Waals surface area contributed by atoms with Crippen molar-refractivity contribution in [3.63, 3.8) is 0 Å². The van der Waals surface area contributed by atoms with Crippen LogP contribution in [0.15, 0.2) is 55.4 Å². The predicted octanol–water partition coefficient (Wildman–Crippen LogP) is 2.82. The molecular weight excluding hydrogens is 278 g/mol. The Hall–Kier alpha value is -3.15. The smallest absolute Gasteiger partial charge is 0.233 e. The van der Waals surface area contributed by atoms with Gasteiger partial charge in [0.25, 0.3) is 0 Å². The molecule has 0 aliphatic heterocycles. The maximum Gasteiger partial charge on any atom is 0.233 e. The minimum atomic E-state index is 0.630. The van der Waals surface area contributed by atoms with E-state index in [-0.39, 0.29) is 0 Å². The first-order chi connectivity index (χ1) is 10.9. The number of H-pyrrole nitrogens is 1. The standard InChI is InChI=1S/C16H13N5O/c1-22-13-10-18-14(15-12(13)4-5-17-15)11-8-19-16(20-9-11)21-6-2-3-7-21/h2-10,17H,1H3.